The Morgan fingerprint density at radius 1 is 0.917 bits per heavy atom. The van der Waals surface area contributed by atoms with Crippen LogP contribution in [0, 0.1) is 0 Å². The maximum atomic E-state index is 13.7. The van der Waals surface area contributed by atoms with Crippen LogP contribution in [0.3, 0.4) is 0 Å². The molecule has 0 bridgehead atoms. The zero-order valence-corrected chi connectivity index (χ0v) is 22.3. The van der Waals surface area contributed by atoms with Crippen LogP contribution in [-0.2, 0) is 20.9 Å². The highest BCUT2D eigenvalue weighted by atomic mass is 16.6. The number of carbonyl (C=O) groups is 3. The van der Waals surface area contributed by atoms with E-state index in [1.807, 2.05) is 60.7 Å². The number of nitrogens with zero attached hydrogens (tertiary/aromatic N) is 1. The molecule has 2 aromatic carbocycles. The Balaban J connectivity index is 2.30. The number of carbonyl (C=O) groups excluding carboxylic acids is 3. The minimum Gasteiger partial charge on any atom is -0.444 e. The molecule has 0 saturated carbocycles. The fourth-order valence-electron chi connectivity index (χ4n) is 3.86. The zero-order valence-electron chi connectivity index (χ0n) is 22.3. The molecule has 0 fully saturated rings. The van der Waals surface area contributed by atoms with Gasteiger partial charge >= 0.3 is 6.09 Å². The van der Waals surface area contributed by atoms with Crippen molar-refractivity contribution in [2.45, 2.75) is 84.5 Å². The minimum absolute atomic E-state index is 0.265. The molecule has 0 spiro atoms. The Bertz CT molecular complexity index is 957. The van der Waals surface area contributed by atoms with Gasteiger partial charge in [-0.3, -0.25) is 9.59 Å². The maximum Gasteiger partial charge on any atom is 0.408 e. The number of alkyl carbamates (subject to hydrolysis) is 1. The first kappa shape index (κ1) is 28.9. The van der Waals surface area contributed by atoms with E-state index < -0.39 is 23.8 Å². The average molecular weight is 496 g/mol. The van der Waals surface area contributed by atoms with Gasteiger partial charge in [-0.25, -0.2) is 4.79 Å². The van der Waals surface area contributed by atoms with Crippen LogP contribution >= 0.6 is 0 Å². The summed E-state index contributed by atoms with van der Waals surface area (Å²) in [5.41, 5.74) is 1.01. The van der Waals surface area contributed by atoms with Crippen molar-refractivity contribution < 1.29 is 19.1 Å². The first-order chi connectivity index (χ1) is 17.1. The molecule has 0 aliphatic carbocycles. The van der Waals surface area contributed by atoms with Crippen LogP contribution in [0.15, 0.2) is 60.7 Å². The van der Waals surface area contributed by atoms with Crippen LogP contribution in [0.4, 0.5) is 4.79 Å². The molecular formula is C29H41N3O4. The fourth-order valence-corrected chi connectivity index (χ4v) is 3.86. The van der Waals surface area contributed by atoms with E-state index in [0.29, 0.717) is 13.1 Å². The number of rotatable bonds is 12. The number of unbranched alkanes of at least 4 members (excludes halogenated alkanes) is 3. The van der Waals surface area contributed by atoms with E-state index in [2.05, 4.69) is 17.6 Å². The van der Waals surface area contributed by atoms with Crippen LogP contribution in [0.1, 0.15) is 77.5 Å². The molecule has 0 radical (unpaired) electrons. The lowest BCUT2D eigenvalue weighted by molar-refractivity contribution is -0.142. The number of hydrogen-bond donors (Lipinski definition) is 2. The van der Waals surface area contributed by atoms with Crippen molar-refractivity contribution in [3.8, 4) is 0 Å². The molecule has 2 unspecified atom stereocenters. The SMILES string of the molecule is CCCCCCN(C(=O)C(C)NC(=O)OC(C)(C)C)C(C(=O)NCc1ccccc1)c1ccccc1. The molecular weight excluding hydrogens is 454 g/mol. The molecule has 2 atom stereocenters. The number of hydrogen-bond acceptors (Lipinski definition) is 4. The summed E-state index contributed by atoms with van der Waals surface area (Å²) >= 11 is 0. The minimum atomic E-state index is -0.862. The third-order valence-corrected chi connectivity index (χ3v) is 5.62. The van der Waals surface area contributed by atoms with Crippen molar-refractivity contribution in [2.24, 2.45) is 0 Å². The van der Waals surface area contributed by atoms with Crippen molar-refractivity contribution in [1.29, 1.82) is 0 Å². The predicted octanol–water partition coefficient (Wildman–Crippen LogP) is 5.37. The first-order valence-electron chi connectivity index (χ1n) is 12.8. The van der Waals surface area contributed by atoms with Gasteiger partial charge in [0.05, 0.1) is 0 Å². The van der Waals surface area contributed by atoms with Gasteiger partial charge in [-0.05, 0) is 45.2 Å². The number of nitrogens with one attached hydrogen (secondary N) is 2. The third kappa shape index (κ3) is 9.72. The standard InChI is InChI=1S/C29H41N3O4/c1-6-7-8-15-20-32(27(34)22(2)31-28(35)36-29(3,4)5)25(24-18-13-10-14-19-24)26(33)30-21-23-16-11-9-12-17-23/h9-14,16-19,22,25H,6-8,15,20-21H2,1-5H3,(H,30,33)(H,31,35). The van der Waals surface area contributed by atoms with Crippen LogP contribution in [0.25, 0.3) is 0 Å². The molecule has 2 rings (SSSR count). The first-order valence-corrected chi connectivity index (χ1v) is 12.8. The summed E-state index contributed by atoms with van der Waals surface area (Å²) in [4.78, 5) is 41.2. The maximum absolute atomic E-state index is 13.7. The molecule has 0 aliphatic rings. The van der Waals surface area contributed by atoms with Crippen LogP contribution in [0.2, 0.25) is 0 Å². The molecule has 36 heavy (non-hydrogen) atoms. The monoisotopic (exact) mass is 495 g/mol. The summed E-state index contributed by atoms with van der Waals surface area (Å²) in [6.07, 6.45) is 3.14. The second-order valence-electron chi connectivity index (χ2n) is 9.98. The normalized spacial score (nSPS) is 12.8. The van der Waals surface area contributed by atoms with Crippen LogP contribution in [-0.4, -0.2) is 41.0 Å². The quantitative estimate of drug-likeness (QED) is 0.388. The fraction of sp³-hybridized carbons (Fsp3) is 0.483. The largest absolute Gasteiger partial charge is 0.444 e. The van der Waals surface area contributed by atoms with Crippen LogP contribution in [0.5, 0.6) is 0 Å². The van der Waals surface area contributed by atoms with E-state index in [1.165, 1.54) is 0 Å². The van der Waals surface area contributed by atoms with E-state index in [0.717, 1.165) is 36.8 Å². The highest BCUT2D eigenvalue weighted by Crippen LogP contribution is 2.24. The molecule has 2 aromatic rings. The Morgan fingerprint density at radius 3 is 2.11 bits per heavy atom. The second-order valence-corrected chi connectivity index (χ2v) is 9.98. The van der Waals surface area contributed by atoms with Crippen molar-refractivity contribution in [3.63, 3.8) is 0 Å². The van der Waals surface area contributed by atoms with Gasteiger partial charge in [0.25, 0.3) is 0 Å². The molecule has 7 nitrogen and oxygen atoms in total. The van der Waals surface area contributed by atoms with Gasteiger partial charge < -0.3 is 20.3 Å². The van der Waals surface area contributed by atoms with Gasteiger partial charge in [0.2, 0.25) is 11.8 Å². The Hall–Kier alpha value is -3.35. The summed E-state index contributed by atoms with van der Waals surface area (Å²) in [6, 6.07) is 17.3. The van der Waals surface area contributed by atoms with Gasteiger partial charge in [-0.2, -0.15) is 0 Å². The number of amides is 3. The van der Waals surface area contributed by atoms with Crippen molar-refractivity contribution >= 4 is 17.9 Å². The van der Waals surface area contributed by atoms with E-state index >= 15 is 0 Å². The summed E-state index contributed by atoms with van der Waals surface area (Å²) in [5, 5.41) is 5.64. The molecule has 0 heterocycles. The molecule has 2 N–H and O–H groups in total. The molecule has 3 amide bonds. The molecule has 0 aliphatic heterocycles. The van der Waals surface area contributed by atoms with Gasteiger partial charge in [0.1, 0.15) is 17.7 Å². The van der Waals surface area contributed by atoms with Crippen molar-refractivity contribution in [2.75, 3.05) is 6.54 Å². The Morgan fingerprint density at radius 2 is 1.53 bits per heavy atom. The van der Waals surface area contributed by atoms with Gasteiger partial charge in [0.15, 0.2) is 0 Å². The molecule has 0 aromatic heterocycles. The van der Waals surface area contributed by atoms with Gasteiger partial charge in [0, 0.05) is 13.1 Å². The van der Waals surface area contributed by atoms with Gasteiger partial charge in [-0.1, -0.05) is 86.8 Å². The van der Waals surface area contributed by atoms with E-state index in [1.54, 1.807) is 32.6 Å². The third-order valence-electron chi connectivity index (χ3n) is 5.62. The lowest BCUT2D eigenvalue weighted by Gasteiger charge is -2.33. The lowest BCUT2D eigenvalue weighted by atomic mass is 10.0. The topological polar surface area (TPSA) is 87.7 Å². The highest BCUT2D eigenvalue weighted by Gasteiger charge is 2.34. The second kappa shape index (κ2) is 14.3. The van der Waals surface area contributed by atoms with E-state index in [9.17, 15) is 14.4 Å². The molecule has 196 valence electrons. The molecule has 0 saturated heterocycles. The summed E-state index contributed by atoms with van der Waals surface area (Å²) in [5.74, 6) is -0.598. The summed E-state index contributed by atoms with van der Waals surface area (Å²) in [7, 11) is 0. The highest BCUT2D eigenvalue weighted by molar-refractivity contribution is 5.92. The molecule has 7 heteroatoms. The van der Waals surface area contributed by atoms with Gasteiger partial charge in [-0.15, -0.1) is 0 Å². The number of benzene rings is 2. The van der Waals surface area contributed by atoms with Crippen molar-refractivity contribution in [1.82, 2.24) is 15.5 Å². The Kier molecular flexibility index (Phi) is 11.4. The summed E-state index contributed by atoms with van der Waals surface area (Å²) in [6.45, 7) is 9.80. The van der Waals surface area contributed by atoms with Crippen molar-refractivity contribution in [3.05, 3.63) is 71.8 Å². The Labute approximate surface area is 215 Å². The summed E-state index contributed by atoms with van der Waals surface area (Å²) < 4.78 is 5.33. The van der Waals surface area contributed by atoms with E-state index in [4.69, 9.17) is 4.74 Å². The average Bonchev–Trinajstić information content (AvgIpc) is 2.84. The zero-order chi connectivity index (χ0) is 26.6. The van der Waals surface area contributed by atoms with E-state index in [-0.39, 0.29) is 11.8 Å². The lowest BCUT2D eigenvalue weighted by Crippen LogP contribution is -2.52. The predicted molar refractivity (Wildman–Crippen MR) is 142 cm³/mol. The van der Waals surface area contributed by atoms with Crippen LogP contribution < -0.4 is 10.6 Å². The number of ether oxygens (including phenoxy) is 1. The smallest absolute Gasteiger partial charge is 0.408 e.